The number of aryl methyl sites for hydroxylation is 1. The molecule has 0 radical (unpaired) electrons. The molecule has 4 atom stereocenters. The average Bonchev–Trinajstić information content (AvgIpc) is 2.80. The van der Waals surface area contributed by atoms with Crippen LogP contribution in [0, 0.1) is 35.2 Å². The third-order valence-electron chi connectivity index (χ3n) is 8.41. The predicted molar refractivity (Wildman–Crippen MR) is 132 cm³/mol. The van der Waals surface area contributed by atoms with Gasteiger partial charge in [0, 0.05) is 5.56 Å². The van der Waals surface area contributed by atoms with Crippen LogP contribution in [0.5, 0.6) is 0 Å². The van der Waals surface area contributed by atoms with E-state index in [0.717, 1.165) is 30.7 Å². The first kappa shape index (κ1) is 24.4. The third kappa shape index (κ3) is 5.49. The molecule has 0 aliphatic heterocycles. The molecule has 2 aromatic carbocycles. The van der Waals surface area contributed by atoms with Crippen LogP contribution in [0.4, 0.5) is 13.2 Å². The summed E-state index contributed by atoms with van der Waals surface area (Å²) in [4.78, 5) is 0. The molecule has 2 aliphatic carbocycles. The molecule has 2 aromatic rings. The van der Waals surface area contributed by atoms with Crippen LogP contribution < -0.4 is 0 Å². The van der Waals surface area contributed by atoms with Crippen LogP contribution in [0.2, 0.25) is 0 Å². The zero-order chi connectivity index (χ0) is 23.4. The van der Waals surface area contributed by atoms with E-state index in [1.807, 2.05) is 0 Å². The topological polar surface area (TPSA) is 0 Å². The molecule has 2 aliphatic rings. The van der Waals surface area contributed by atoms with Gasteiger partial charge in [0.2, 0.25) is 0 Å². The van der Waals surface area contributed by atoms with Gasteiger partial charge in [0.05, 0.1) is 5.39 Å². The van der Waals surface area contributed by atoms with E-state index in [1.54, 1.807) is 12.1 Å². The van der Waals surface area contributed by atoms with E-state index in [9.17, 15) is 4.39 Å². The van der Waals surface area contributed by atoms with Crippen LogP contribution in [0.25, 0.3) is 10.8 Å². The van der Waals surface area contributed by atoms with Gasteiger partial charge in [-0.1, -0.05) is 57.6 Å². The Morgan fingerprint density at radius 1 is 0.909 bits per heavy atom. The predicted octanol–water partition coefficient (Wildman–Crippen LogP) is 9.65. The summed E-state index contributed by atoms with van der Waals surface area (Å²) in [5.74, 6) is 0.176. The minimum atomic E-state index is -0.675. The lowest BCUT2D eigenvalue weighted by Crippen LogP contribution is -2.31. The molecule has 2 saturated carbocycles. The van der Waals surface area contributed by atoms with Gasteiger partial charge < -0.3 is 0 Å². The largest absolute Gasteiger partial charge is 0.207 e. The minimum Gasteiger partial charge on any atom is -0.207 e. The second-order valence-electron chi connectivity index (χ2n) is 10.6. The number of hydrogen-bond donors (Lipinski definition) is 0. The van der Waals surface area contributed by atoms with Crippen molar-refractivity contribution in [1.29, 1.82) is 0 Å². The van der Waals surface area contributed by atoms with Gasteiger partial charge in [0.1, 0.15) is 17.5 Å². The fourth-order valence-electron chi connectivity index (χ4n) is 6.64. The molecule has 4 rings (SSSR count). The second kappa shape index (κ2) is 11.1. The highest BCUT2D eigenvalue weighted by Crippen LogP contribution is 2.49. The van der Waals surface area contributed by atoms with Crippen LogP contribution in [0.15, 0.2) is 30.9 Å². The molecule has 0 nitrogen and oxygen atoms in total. The summed E-state index contributed by atoms with van der Waals surface area (Å²) >= 11 is 0. The number of unbranched alkanes of at least 4 members (excludes halogenated alkanes) is 3. The maximum atomic E-state index is 15.6. The molecule has 0 amide bonds. The molecule has 0 aromatic heterocycles. The molecule has 0 saturated heterocycles. The van der Waals surface area contributed by atoms with Crippen LogP contribution in [0.1, 0.15) is 101 Å². The van der Waals surface area contributed by atoms with Crippen molar-refractivity contribution in [2.45, 2.75) is 96.3 Å². The highest BCUT2D eigenvalue weighted by Gasteiger charge is 2.37. The van der Waals surface area contributed by atoms with Gasteiger partial charge in [0.25, 0.3) is 0 Å². The smallest absolute Gasteiger partial charge is 0.140 e. The Balaban J connectivity index is 1.48. The van der Waals surface area contributed by atoms with E-state index >= 15 is 8.78 Å². The highest BCUT2D eigenvalue weighted by atomic mass is 19.1. The first-order chi connectivity index (χ1) is 16.0. The summed E-state index contributed by atoms with van der Waals surface area (Å²) in [5, 5.41) is 0.275. The number of hydrogen-bond acceptors (Lipinski definition) is 0. The lowest BCUT2D eigenvalue weighted by atomic mass is 9.63. The summed E-state index contributed by atoms with van der Waals surface area (Å²) in [6.45, 7) is 5.94. The molecule has 0 spiro atoms. The molecule has 2 fully saturated rings. The molecule has 0 bridgehead atoms. The zero-order valence-electron chi connectivity index (χ0n) is 20.2. The van der Waals surface area contributed by atoms with Crippen molar-refractivity contribution in [3.63, 3.8) is 0 Å². The Morgan fingerprint density at radius 2 is 1.70 bits per heavy atom. The van der Waals surface area contributed by atoms with E-state index < -0.39 is 17.5 Å². The van der Waals surface area contributed by atoms with Gasteiger partial charge in [-0.05, 0) is 91.7 Å². The molecule has 0 heterocycles. The first-order valence-corrected chi connectivity index (χ1v) is 13.2. The summed E-state index contributed by atoms with van der Waals surface area (Å²) in [6.07, 6.45) is 16.1. The first-order valence-electron chi connectivity index (χ1n) is 13.2. The second-order valence-corrected chi connectivity index (χ2v) is 10.6. The van der Waals surface area contributed by atoms with Gasteiger partial charge >= 0.3 is 0 Å². The highest BCUT2D eigenvalue weighted by molar-refractivity contribution is 5.85. The van der Waals surface area contributed by atoms with Crippen molar-refractivity contribution in [1.82, 2.24) is 0 Å². The lowest BCUT2D eigenvalue weighted by Gasteiger charge is -2.42. The van der Waals surface area contributed by atoms with Gasteiger partial charge in [-0.2, -0.15) is 0 Å². The Morgan fingerprint density at radius 3 is 2.48 bits per heavy atom. The van der Waals surface area contributed by atoms with Crippen LogP contribution in [0.3, 0.4) is 0 Å². The normalized spacial score (nSPS) is 25.2. The van der Waals surface area contributed by atoms with E-state index in [-0.39, 0.29) is 16.9 Å². The van der Waals surface area contributed by atoms with Crippen molar-refractivity contribution < 1.29 is 13.2 Å². The van der Waals surface area contributed by atoms with E-state index in [2.05, 4.69) is 13.5 Å². The summed E-state index contributed by atoms with van der Waals surface area (Å²) in [7, 11) is 0. The van der Waals surface area contributed by atoms with Crippen molar-refractivity contribution in [3.05, 3.63) is 59.4 Å². The van der Waals surface area contributed by atoms with E-state index in [1.165, 1.54) is 63.5 Å². The quantitative estimate of drug-likeness (QED) is 0.260. The molecular weight excluding hydrogens is 417 g/mol. The molecular formula is C30H39F3. The van der Waals surface area contributed by atoms with Crippen LogP contribution in [-0.2, 0) is 6.42 Å². The molecule has 33 heavy (non-hydrogen) atoms. The Bertz CT molecular complexity index is 963. The Hall–Kier alpha value is -1.77. The van der Waals surface area contributed by atoms with E-state index in [4.69, 9.17) is 0 Å². The third-order valence-corrected chi connectivity index (χ3v) is 8.41. The number of fused-ring (bicyclic) bond motifs is 2. The fraction of sp³-hybridized carbons (Fsp3) is 0.600. The Kier molecular flexibility index (Phi) is 8.20. The van der Waals surface area contributed by atoms with Crippen molar-refractivity contribution in [2.75, 3.05) is 0 Å². The van der Waals surface area contributed by atoms with Gasteiger partial charge in [-0.3, -0.25) is 0 Å². The molecule has 3 heteroatoms. The summed E-state index contributed by atoms with van der Waals surface area (Å²) in [6, 6.07) is 4.47. The van der Waals surface area contributed by atoms with Crippen LogP contribution >= 0.6 is 0 Å². The minimum absolute atomic E-state index is 0.0494. The average molecular weight is 457 g/mol. The van der Waals surface area contributed by atoms with Gasteiger partial charge in [0.15, 0.2) is 0 Å². The number of benzene rings is 2. The molecule has 180 valence electrons. The monoisotopic (exact) mass is 456 g/mol. The number of halogens is 3. The summed E-state index contributed by atoms with van der Waals surface area (Å²) in [5.41, 5.74) is 0.874. The standard InChI is InChI=1S/C30H39F3/c1-3-5-7-8-10-20-11-12-23-18-24(14-13-22(23)15-20)28-27(32)19-25-16-21(9-6-4-2)17-26(31)29(25)30(28)33/h4,16-17,19-20,22-24H,2-3,5-15,18H2,1H3. The molecule has 0 N–H and O–H groups in total. The zero-order valence-corrected chi connectivity index (χ0v) is 20.2. The van der Waals surface area contributed by atoms with Gasteiger partial charge in [-0.15, -0.1) is 6.58 Å². The number of allylic oxidation sites excluding steroid dienone is 1. The van der Waals surface area contributed by atoms with Crippen LogP contribution in [-0.4, -0.2) is 0 Å². The maximum absolute atomic E-state index is 15.6. The lowest BCUT2D eigenvalue weighted by molar-refractivity contribution is 0.111. The maximum Gasteiger partial charge on any atom is 0.140 e. The Labute approximate surface area is 197 Å². The van der Waals surface area contributed by atoms with Crippen molar-refractivity contribution >= 4 is 10.8 Å². The van der Waals surface area contributed by atoms with Gasteiger partial charge in [-0.25, -0.2) is 13.2 Å². The van der Waals surface area contributed by atoms with Crippen molar-refractivity contribution in [2.24, 2.45) is 17.8 Å². The number of rotatable bonds is 9. The SMILES string of the molecule is C=CCCc1cc(F)c2c(F)c(C3CCC4CC(CCCCCC)CCC4C3)c(F)cc2c1. The van der Waals surface area contributed by atoms with Crippen molar-refractivity contribution in [3.8, 4) is 0 Å². The fourth-order valence-corrected chi connectivity index (χ4v) is 6.64. The molecule has 4 unspecified atom stereocenters. The summed E-state index contributed by atoms with van der Waals surface area (Å²) < 4.78 is 45.6. The van der Waals surface area contributed by atoms with E-state index in [0.29, 0.717) is 30.1 Å².